The van der Waals surface area contributed by atoms with Gasteiger partial charge in [-0.1, -0.05) is 0 Å². The number of carbonyl (C=O) groups excluding carboxylic acids is 1. The van der Waals surface area contributed by atoms with Crippen molar-refractivity contribution in [3.63, 3.8) is 0 Å². The minimum atomic E-state index is -0.0836. The number of aromatic nitrogens is 1. The van der Waals surface area contributed by atoms with Crippen LogP contribution in [0.3, 0.4) is 0 Å². The number of carbonyl (C=O) groups is 1. The number of rotatable bonds is 4. The standard InChI is InChI=1S/C13H15N3O2S/c17-12(10-3-6-18-9-10)15-8-11-2-1-5-16(11)13-14-4-7-19-13/h3-4,6-7,9,11H,1-2,5,8H2,(H,15,17). The van der Waals surface area contributed by atoms with Gasteiger partial charge < -0.3 is 14.6 Å². The van der Waals surface area contributed by atoms with Gasteiger partial charge in [0.1, 0.15) is 6.26 Å². The monoisotopic (exact) mass is 277 g/mol. The van der Waals surface area contributed by atoms with Crippen molar-refractivity contribution in [1.29, 1.82) is 0 Å². The van der Waals surface area contributed by atoms with E-state index in [2.05, 4.69) is 15.2 Å². The highest BCUT2D eigenvalue weighted by Gasteiger charge is 2.26. The molecule has 3 heterocycles. The third kappa shape index (κ3) is 2.63. The Kier molecular flexibility index (Phi) is 3.50. The molecule has 5 nitrogen and oxygen atoms in total. The number of amides is 1. The Morgan fingerprint density at radius 2 is 2.58 bits per heavy atom. The van der Waals surface area contributed by atoms with E-state index in [1.807, 2.05) is 11.6 Å². The topological polar surface area (TPSA) is 58.4 Å². The molecule has 3 rings (SSSR count). The van der Waals surface area contributed by atoms with Gasteiger partial charge in [-0.3, -0.25) is 4.79 Å². The maximum Gasteiger partial charge on any atom is 0.254 e. The van der Waals surface area contributed by atoms with Gasteiger partial charge in [-0.2, -0.15) is 0 Å². The molecule has 19 heavy (non-hydrogen) atoms. The van der Waals surface area contributed by atoms with Gasteiger partial charge in [-0.15, -0.1) is 11.3 Å². The predicted octanol–water partition coefficient (Wildman–Crippen LogP) is 2.13. The summed E-state index contributed by atoms with van der Waals surface area (Å²) in [7, 11) is 0. The molecular formula is C13H15N3O2S. The molecule has 2 aromatic heterocycles. The molecule has 1 atom stereocenters. The molecule has 1 unspecified atom stereocenters. The lowest BCUT2D eigenvalue weighted by atomic mass is 10.2. The summed E-state index contributed by atoms with van der Waals surface area (Å²) in [6.45, 7) is 1.66. The molecule has 6 heteroatoms. The molecular weight excluding hydrogens is 262 g/mol. The zero-order chi connectivity index (χ0) is 13.1. The number of anilines is 1. The molecule has 1 N–H and O–H groups in total. The van der Waals surface area contributed by atoms with Crippen LogP contribution >= 0.6 is 11.3 Å². The fraction of sp³-hybridized carbons (Fsp3) is 0.385. The van der Waals surface area contributed by atoms with Crippen molar-refractivity contribution in [3.8, 4) is 0 Å². The number of hydrogen-bond donors (Lipinski definition) is 1. The molecule has 1 amide bonds. The van der Waals surface area contributed by atoms with E-state index in [0.717, 1.165) is 24.5 Å². The number of nitrogens with one attached hydrogen (secondary N) is 1. The molecule has 100 valence electrons. The average Bonchev–Trinajstić information content (AvgIpc) is 3.14. The van der Waals surface area contributed by atoms with E-state index in [-0.39, 0.29) is 5.91 Å². The van der Waals surface area contributed by atoms with E-state index in [1.54, 1.807) is 17.4 Å². The van der Waals surface area contributed by atoms with Crippen molar-refractivity contribution in [2.75, 3.05) is 18.0 Å². The Morgan fingerprint density at radius 1 is 1.63 bits per heavy atom. The summed E-state index contributed by atoms with van der Waals surface area (Å²) in [5.41, 5.74) is 0.568. The summed E-state index contributed by atoms with van der Waals surface area (Å²) in [6, 6.07) is 2.00. The molecule has 1 aliphatic rings. The van der Waals surface area contributed by atoms with Gasteiger partial charge in [0.2, 0.25) is 0 Å². The first-order valence-electron chi connectivity index (χ1n) is 6.31. The minimum Gasteiger partial charge on any atom is -0.472 e. The summed E-state index contributed by atoms with van der Waals surface area (Å²) in [6.07, 6.45) is 7.02. The lowest BCUT2D eigenvalue weighted by Crippen LogP contribution is -2.40. The SMILES string of the molecule is O=C(NCC1CCCN1c1nccs1)c1ccoc1. The number of furan rings is 1. The van der Waals surface area contributed by atoms with Crippen LogP contribution in [0.2, 0.25) is 0 Å². The van der Waals surface area contributed by atoms with Gasteiger partial charge in [0.05, 0.1) is 11.8 Å². The smallest absolute Gasteiger partial charge is 0.254 e. The fourth-order valence-corrected chi connectivity index (χ4v) is 3.10. The lowest BCUT2D eigenvalue weighted by Gasteiger charge is -2.24. The third-order valence-corrected chi connectivity index (χ3v) is 4.13. The van der Waals surface area contributed by atoms with Crippen LogP contribution in [0.5, 0.6) is 0 Å². The van der Waals surface area contributed by atoms with Crippen LogP contribution in [0.25, 0.3) is 0 Å². The molecule has 2 aromatic rings. The highest BCUT2D eigenvalue weighted by atomic mass is 32.1. The highest BCUT2D eigenvalue weighted by molar-refractivity contribution is 7.13. The van der Waals surface area contributed by atoms with Crippen molar-refractivity contribution >= 4 is 22.4 Å². The van der Waals surface area contributed by atoms with Gasteiger partial charge in [0.25, 0.3) is 5.91 Å². The normalized spacial score (nSPS) is 18.7. The molecule has 1 fully saturated rings. The first-order valence-corrected chi connectivity index (χ1v) is 7.19. The molecule has 0 aromatic carbocycles. The van der Waals surface area contributed by atoms with E-state index in [9.17, 15) is 4.79 Å². The lowest BCUT2D eigenvalue weighted by molar-refractivity contribution is 0.0950. The molecule has 1 saturated heterocycles. The van der Waals surface area contributed by atoms with Crippen LogP contribution in [-0.2, 0) is 0 Å². The van der Waals surface area contributed by atoms with Crippen LogP contribution < -0.4 is 10.2 Å². The molecule has 0 radical (unpaired) electrons. The molecule has 0 spiro atoms. The Labute approximate surface area is 115 Å². The van der Waals surface area contributed by atoms with E-state index in [0.29, 0.717) is 18.2 Å². The third-order valence-electron chi connectivity index (χ3n) is 3.32. The second-order valence-corrected chi connectivity index (χ2v) is 5.40. The van der Waals surface area contributed by atoms with E-state index < -0.39 is 0 Å². The van der Waals surface area contributed by atoms with E-state index in [4.69, 9.17) is 4.42 Å². The maximum absolute atomic E-state index is 11.9. The van der Waals surface area contributed by atoms with Crippen LogP contribution in [0, 0.1) is 0 Å². The quantitative estimate of drug-likeness (QED) is 0.930. The van der Waals surface area contributed by atoms with E-state index >= 15 is 0 Å². The minimum absolute atomic E-state index is 0.0836. The first-order chi connectivity index (χ1) is 9.34. The number of thiazole rings is 1. The summed E-state index contributed by atoms with van der Waals surface area (Å²) in [5, 5.41) is 5.98. The summed E-state index contributed by atoms with van der Waals surface area (Å²) in [5.74, 6) is -0.0836. The molecule has 0 aliphatic carbocycles. The van der Waals surface area contributed by atoms with Gasteiger partial charge in [0, 0.05) is 30.7 Å². The van der Waals surface area contributed by atoms with Gasteiger partial charge >= 0.3 is 0 Å². The predicted molar refractivity (Wildman–Crippen MR) is 73.5 cm³/mol. The van der Waals surface area contributed by atoms with Crippen molar-refractivity contribution in [2.24, 2.45) is 0 Å². The summed E-state index contributed by atoms with van der Waals surface area (Å²) >= 11 is 1.64. The zero-order valence-electron chi connectivity index (χ0n) is 10.4. The maximum atomic E-state index is 11.9. The van der Waals surface area contributed by atoms with Crippen molar-refractivity contribution in [1.82, 2.24) is 10.3 Å². The zero-order valence-corrected chi connectivity index (χ0v) is 11.2. The fourth-order valence-electron chi connectivity index (χ4n) is 2.36. The number of hydrogen-bond acceptors (Lipinski definition) is 5. The summed E-state index contributed by atoms with van der Waals surface area (Å²) < 4.78 is 4.91. The second kappa shape index (κ2) is 5.44. The van der Waals surface area contributed by atoms with Gasteiger partial charge in [-0.05, 0) is 18.9 Å². The Morgan fingerprint density at radius 3 is 3.32 bits per heavy atom. The highest BCUT2D eigenvalue weighted by Crippen LogP contribution is 2.26. The number of nitrogens with zero attached hydrogens (tertiary/aromatic N) is 2. The Bertz CT molecular complexity index is 524. The van der Waals surface area contributed by atoms with Crippen molar-refractivity contribution in [3.05, 3.63) is 35.7 Å². The van der Waals surface area contributed by atoms with Crippen molar-refractivity contribution < 1.29 is 9.21 Å². The van der Waals surface area contributed by atoms with Gasteiger partial charge in [-0.25, -0.2) is 4.98 Å². The van der Waals surface area contributed by atoms with Crippen LogP contribution in [0.15, 0.2) is 34.6 Å². The van der Waals surface area contributed by atoms with Crippen LogP contribution in [-0.4, -0.2) is 30.0 Å². The Hall–Kier alpha value is -1.82. The Balaban J connectivity index is 1.59. The second-order valence-electron chi connectivity index (χ2n) is 4.53. The largest absolute Gasteiger partial charge is 0.472 e. The molecule has 1 aliphatic heterocycles. The van der Waals surface area contributed by atoms with E-state index in [1.165, 1.54) is 12.5 Å². The molecule has 0 bridgehead atoms. The van der Waals surface area contributed by atoms with Gasteiger partial charge in [0.15, 0.2) is 5.13 Å². The van der Waals surface area contributed by atoms with Crippen molar-refractivity contribution in [2.45, 2.75) is 18.9 Å². The molecule has 0 saturated carbocycles. The first kappa shape index (κ1) is 12.2. The average molecular weight is 277 g/mol. The van der Waals surface area contributed by atoms with Crippen LogP contribution in [0.1, 0.15) is 23.2 Å². The van der Waals surface area contributed by atoms with Crippen LogP contribution in [0.4, 0.5) is 5.13 Å². The summed E-state index contributed by atoms with van der Waals surface area (Å²) in [4.78, 5) is 18.5.